The molecular weight excluding hydrogens is 426 g/mol. The number of carbonyl (C=O) groups is 1. The van der Waals surface area contributed by atoms with Crippen LogP contribution >= 0.6 is 11.3 Å². The van der Waals surface area contributed by atoms with Crippen LogP contribution in [0.3, 0.4) is 0 Å². The molecule has 9 heteroatoms. The Labute approximate surface area is 188 Å². The first-order valence-electron chi connectivity index (χ1n) is 10.1. The predicted molar refractivity (Wildman–Crippen MR) is 124 cm³/mol. The highest BCUT2D eigenvalue weighted by atomic mass is 32.1. The molecule has 0 aliphatic carbocycles. The van der Waals surface area contributed by atoms with Crippen molar-refractivity contribution in [3.05, 3.63) is 83.8 Å². The van der Waals surface area contributed by atoms with Gasteiger partial charge < -0.3 is 14.2 Å². The molecule has 2 amide bonds. The first-order chi connectivity index (χ1) is 15.6. The van der Waals surface area contributed by atoms with Gasteiger partial charge in [-0.1, -0.05) is 29.0 Å². The Balaban J connectivity index is 1.38. The number of hydrogen-bond acceptors (Lipinski definition) is 7. The van der Waals surface area contributed by atoms with E-state index in [1.54, 1.807) is 12.5 Å². The van der Waals surface area contributed by atoms with E-state index in [4.69, 9.17) is 13.9 Å². The summed E-state index contributed by atoms with van der Waals surface area (Å²) in [6.07, 6.45) is 3.90. The summed E-state index contributed by atoms with van der Waals surface area (Å²) >= 11 is 1.36. The van der Waals surface area contributed by atoms with Crippen LogP contribution < -0.4 is 15.6 Å². The van der Waals surface area contributed by atoms with E-state index in [1.807, 2.05) is 67.4 Å². The van der Waals surface area contributed by atoms with Crippen molar-refractivity contribution in [2.45, 2.75) is 26.3 Å². The zero-order chi connectivity index (χ0) is 22.1. The lowest BCUT2D eigenvalue weighted by Crippen LogP contribution is -2.19. The number of nitrogens with zero attached hydrogens (tertiary/aromatic N) is 3. The van der Waals surface area contributed by atoms with Gasteiger partial charge in [0.2, 0.25) is 5.13 Å². The summed E-state index contributed by atoms with van der Waals surface area (Å²) in [6, 6.07) is 14.7. The molecule has 0 radical (unpaired) electrons. The van der Waals surface area contributed by atoms with E-state index in [2.05, 4.69) is 15.6 Å². The number of nitrogens with one attached hydrogen (secondary N) is 2. The maximum Gasteiger partial charge on any atom is 0.324 e. The number of aryl methyl sites for hydroxylation is 2. The van der Waals surface area contributed by atoms with Crippen molar-refractivity contribution in [1.82, 2.24) is 4.98 Å². The molecule has 3 aromatic heterocycles. The SMILES string of the molecule is Cc1ccc(NC(=O)Nc2sc(N3N=C(c4ccco4)CC3c3ccco3)nc2C)cc1. The second kappa shape index (κ2) is 8.35. The Bertz CT molecular complexity index is 1240. The van der Waals surface area contributed by atoms with Crippen LogP contribution in [0.5, 0.6) is 0 Å². The Hall–Kier alpha value is -3.85. The van der Waals surface area contributed by atoms with E-state index in [0.717, 1.165) is 22.7 Å². The monoisotopic (exact) mass is 447 g/mol. The van der Waals surface area contributed by atoms with Crippen molar-refractivity contribution in [3.63, 3.8) is 0 Å². The molecule has 0 saturated carbocycles. The number of rotatable bonds is 5. The molecule has 162 valence electrons. The third kappa shape index (κ3) is 4.02. The molecule has 1 aromatic carbocycles. The fraction of sp³-hybridized carbons (Fsp3) is 0.174. The third-order valence-electron chi connectivity index (χ3n) is 5.11. The molecule has 2 N–H and O–H groups in total. The highest BCUT2D eigenvalue weighted by Gasteiger charge is 2.35. The van der Waals surface area contributed by atoms with Gasteiger partial charge in [0.25, 0.3) is 0 Å². The van der Waals surface area contributed by atoms with E-state index >= 15 is 0 Å². The summed E-state index contributed by atoms with van der Waals surface area (Å²) in [4.78, 5) is 17.2. The van der Waals surface area contributed by atoms with E-state index in [-0.39, 0.29) is 12.1 Å². The fourth-order valence-electron chi connectivity index (χ4n) is 3.48. The van der Waals surface area contributed by atoms with Crippen LogP contribution in [0.25, 0.3) is 0 Å². The van der Waals surface area contributed by atoms with Crippen molar-refractivity contribution < 1.29 is 13.6 Å². The van der Waals surface area contributed by atoms with Gasteiger partial charge in [0.15, 0.2) is 0 Å². The number of hydrazone groups is 1. The van der Waals surface area contributed by atoms with Crippen LogP contribution in [0, 0.1) is 13.8 Å². The van der Waals surface area contributed by atoms with Crippen molar-refractivity contribution in [2.75, 3.05) is 15.6 Å². The molecule has 5 rings (SSSR count). The number of hydrogen-bond donors (Lipinski definition) is 2. The molecule has 8 nitrogen and oxygen atoms in total. The molecule has 1 aliphatic heterocycles. The maximum atomic E-state index is 12.5. The molecule has 0 bridgehead atoms. The fourth-order valence-corrected chi connectivity index (χ4v) is 4.44. The molecule has 0 spiro atoms. The quantitative estimate of drug-likeness (QED) is 0.394. The van der Waals surface area contributed by atoms with Gasteiger partial charge >= 0.3 is 6.03 Å². The van der Waals surface area contributed by atoms with Gasteiger partial charge in [-0.3, -0.25) is 5.32 Å². The summed E-state index contributed by atoms with van der Waals surface area (Å²) in [6.45, 7) is 3.86. The summed E-state index contributed by atoms with van der Waals surface area (Å²) in [5.41, 5.74) is 3.38. The lowest BCUT2D eigenvalue weighted by molar-refractivity contribution is 0.262. The second-order valence-electron chi connectivity index (χ2n) is 7.46. The molecule has 0 fully saturated rings. The number of anilines is 3. The topological polar surface area (TPSA) is 95.9 Å². The molecular formula is C23H21N5O3S. The first-order valence-corrected chi connectivity index (χ1v) is 10.9. The van der Waals surface area contributed by atoms with Gasteiger partial charge in [-0.2, -0.15) is 5.10 Å². The molecule has 1 aliphatic rings. The minimum absolute atomic E-state index is 0.148. The molecule has 32 heavy (non-hydrogen) atoms. The number of urea groups is 1. The van der Waals surface area contributed by atoms with Crippen LogP contribution in [0.2, 0.25) is 0 Å². The minimum atomic E-state index is -0.323. The Morgan fingerprint density at radius 1 is 1.06 bits per heavy atom. The predicted octanol–water partition coefficient (Wildman–Crippen LogP) is 5.95. The van der Waals surface area contributed by atoms with Crippen molar-refractivity contribution in [1.29, 1.82) is 0 Å². The van der Waals surface area contributed by atoms with E-state index < -0.39 is 0 Å². The summed E-state index contributed by atoms with van der Waals surface area (Å²) in [5.74, 6) is 1.50. The molecule has 1 atom stereocenters. The summed E-state index contributed by atoms with van der Waals surface area (Å²) in [5, 5.41) is 13.6. The molecule has 4 heterocycles. The molecule has 0 saturated heterocycles. The van der Waals surface area contributed by atoms with Gasteiger partial charge in [-0.15, -0.1) is 0 Å². The molecule has 4 aromatic rings. The van der Waals surface area contributed by atoms with Crippen LogP contribution in [0.15, 0.2) is 75.0 Å². The van der Waals surface area contributed by atoms with Crippen molar-refractivity contribution in [3.8, 4) is 0 Å². The van der Waals surface area contributed by atoms with Gasteiger partial charge in [0.1, 0.15) is 28.3 Å². The van der Waals surface area contributed by atoms with Crippen molar-refractivity contribution in [2.24, 2.45) is 5.10 Å². The normalized spacial score (nSPS) is 15.6. The van der Waals surface area contributed by atoms with Crippen molar-refractivity contribution >= 4 is 38.9 Å². The van der Waals surface area contributed by atoms with Gasteiger partial charge in [-0.05, 0) is 50.2 Å². The average molecular weight is 448 g/mol. The lowest BCUT2D eigenvalue weighted by Gasteiger charge is -2.18. The number of aromatic nitrogens is 1. The van der Waals surface area contributed by atoms with E-state index in [1.165, 1.54) is 11.3 Å². The highest BCUT2D eigenvalue weighted by molar-refractivity contribution is 7.19. The smallest absolute Gasteiger partial charge is 0.324 e. The lowest BCUT2D eigenvalue weighted by atomic mass is 10.1. The number of furan rings is 2. The highest BCUT2D eigenvalue weighted by Crippen LogP contribution is 2.41. The van der Waals surface area contributed by atoms with Crippen LogP contribution in [-0.4, -0.2) is 16.7 Å². The van der Waals surface area contributed by atoms with Gasteiger partial charge in [0.05, 0.1) is 18.2 Å². The zero-order valence-corrected chi connectivity index (χ0v) is 18.3. The molecule has 1 unspecified atom stereocenters. The zero-order valence-electron chi connectivity index (χ0n) is 17.5. The Kier molecular flexibility index (Phi) is 5.24. The number of thiazole rings is 1. The number of carbonyl (C=O) groups excluding carboxylic acids is 1. The summed E-state index contributed by atoms with van der Waals surface area (Å²) < 4.78 is 11.2. The summed E-state index contributed by atoms with van der Waals surface area (Å²) in [7, 11) is 0. The van der Waals surface area contributed by atoms with Crippen LogP contribution in [-0.2, 0) is 0 Å². The standard InChI is InChI=1S/C23H21N5O3S/c1-14-7-9-16(10-8-14)25-22(29)26-21-15(2)24-23(32-21)28-18(20-6-4-12-31-20)13-17(27-28)19-5-3-11-30-19/h3-12,18H,13H2,1-2H3,(H2,25,26,29). The maximum absolute atomic E-state index is 12.5. The first kappa shape index (κ1) is 20.1. The Morgan fingerprint density at radius 2 is 1.84 bits per heavy atom. The van der Waals surface area contributed by atoms with Gasteiger partial charge in [0, 0.05) is 12.1 Å². The Morgan fingerprint density at radius 3 is 2.56 bits per heavy atom. The van der Waals surface area contributed by atoms with Crippen LogP contribution in [0.4, 0.5) is 20.6 Å². The minimum Gasteiger partial charge on any atom is -0.467 e. The number of benzene rings is 1. The van der Waals surface area contributed by atoms with Crippen LogP contribution in [0.1, 0.15) is 35.2 Å². The number of amides is 2. The third-order valence-corrected chi connectivity index (χ3v) is 6.17. The second-order valence-corrected chi connectivity index (χ2v) is 8.44. The van der Waals surface area contributed by atoms with Gasteiger partial charge in [-0.25, -0.2) is 14.8 Å². The van der Waals surface area contributed by atoms with E-state index in [0.29, 0.717) is 28.0 Å². The largest absolute Gasteiger partial charge is 0.467 e. The van der Waals surface area contributed by atoms with E-state index in [9.17, 15) is 4.79 Å². The average Bonchev–Trinajstić information content (AvgIpc) is 3.57.